The molecule has 4 rings (SSSR count). The molecular formula is C25H33Cl2N3O6S. The van der Waals surface area contributed by atoms with Crippen LogP contribution in [-0.2, 0) is 30.8 Å². The molecule has 204 valence electrons. The van der Waals surface area contributed by atoms with Crippen LogP contribution in [0.4, 0.5) is 0 Å². The molecule has 2 fully saturated rings. The van der Waals surface area contributed by atoms with Gasteiger partial charge in [-0.15, -0.1) is 0 Å². The van der Waals surface area contributed by atoms with Gasteiger partial charge in [0.05, 0.1) is 43.7 Å². The lowest BCUT2D eigenvalue weighted by Gasteiger charge is -2.30. The van der Waals surface area contributed by atoms with Crippen LogP contribution in [-0.4, -0.2) is 93.6 Å². The lowest BCUT2D eigenvalue weighted by atomic mass is 10.2. The molecule has 1 aromatic carbocycles. The van der Waals surface area contributed by atoms with Gasteiger partial charge in [-0.1, -0.05) is 23.2 Å². The van der Waals surface area contributed by atoms with Crippen LogP contribution in [0.15, 0.2) is 45.9 Å². The van der Waals surface area contributed by atoms with E-state index in [4.69, 9.17) is 37.1 Å². The van der Waals surface area contributed by atoms with Crippen LogP contribution in [0.3, 0.4) is 0 Å². The Morgan fingerprint density at radius 1 is 1.14 bits per heavy atom. The van der Waals surface area contributed by atoms with Crippen molar-refractivity contribution >= 4 is 39.1 Å². The molecule has 0 radical (unpaired) electrons. The summed E-state index contributed by atoms with van der Waals surface area (Å²) in [6.45, 7) is 4.66. The van der Waals surface area contributed by atoms with Crippen molar-refractivity contribution in [1.29, 1.82) is 0 Å². The van der Waals surface area contributed by atoms with Crippen molar-refractivity contribution in [2.24, 2.45) is 0 Å². The van der Waals surface area contributed by atoms with Crippen LogP contribution >= 0.6 is 23.2 Å². The Labute approximate surface area is 228 Å². The molecule has 3 heterocycles. The minimum atomic E-state index is -4.10. The number of hydrogen-bond acceptors (Lipinski definition) is 7. The summed E-state index contributed by atoms with van der Waals surface area (Å²) in [5, 5.41) is 0.308. The third-order valence-corrected chi connectivity index (χ3v) is 9.10. The third-order valence-electron chi connectivity index (χ3n) is 6.54. The summed E-state index contributed by atoms with van der Waals surface area (Å²) >= 11 is 12.4. The summed E-state index contributed by atoms with van der Waals surface area (Å²) in [6.07, 6.45) is 3.79. The number of ether oxygens (including phenoxy) is 2. The molecule has 0 aliphatic carbocycles. The average Bonchev–Trinajstić information content (AvgIpc) is 3.59. The highest BCUT2D eigenvalue weighted by atomic mass is 35.5. The van der Waals surface area contributed by atoms with E-state index in [1.54, 1.807) is 23.3 Å². The number of carbonyl (C=O) groups excluding carboxylic acids is 1. The topological polar surface area (TPSA) is 92.5 Å². The van der Waals surface area contributed by atoms with E-state index in [1.165, 1.54) is 22.5 Å². The summed E-state index contributed by atoms with van der Waals surface area (Å²) in [5.74, 6) is 0.283. The highest BCUT2D eigenvalue weighted by Crippen LogP contribution is 2.28. The van der Waals surface area contributed by atoms with Crippen molar-refractivity contribution in [3.05, 3.63) is 52.4 Å². The van der Waals surface area contributed by atoms with Gasteiger partial charge in [-0.05, 0) is 56.1 Å². The lowest BCUT2D eigenvalue weighted by Crippen LogP contribution is -2.46. The van der Waals surface area contributed by atoms with Gasteiger partial charge in [-0.3, -0.25) is 9.69 Å². The molecule has 12 heteroatoms. The normalized spacial score (nSPS) is 18.9. The van der Waals surface area contributed by atoms with Crippen molar-refractivity contribution in [1.82, 2.24) is 14.1 Å². The predicted octanol–water partition coefficient (Wildman–Crippen LogP) is 3.51. The van der Waals surface area contributed by atoms with Crippen LogP contribution in [0, 0.1) is 0 Å². The molecule has 1 atom stereocenters. The molecule has 2 aromatic rings. The second-order valence-corrected chi connectivity index (χ2v) is 12.0. The van der Waals surface area contributed by atoms with Gasteiger partial charge in [0.1, 0.15) is 10.7 Å². The Morgan fingerprint density at radius 2 is 1.95 bits per heavy atom. The Kier molecular flexibility index (Phi) is 10.3. The van der Waals surface area contributed by atoms with E-state index in [1.807, 2.05) is 0 Å². The zero-order chi connectivity index (χ0) is 26.3. The molecular weight excluding hydrogens is 541 g/mol. The van der Waals surface area contributed by atoms with E-state index in [-0.39, 0.29) is 46.6 Å². The molecule has 2 saturated heterocycles. The second kappa shape index (κ2) is 13.4. The van der Waals surface area contributed by atoms with E-state index in [0.717, 1.165) is 25.9 Å². The van der Waals surface area contributed by atoms with Gasteiger partial charge >= 0.3 is 0 Å². The van der Waals surface area contributed by atoms with Gasteiger partial charge in [-0.25, -0.2) is 8.42 Å². The van der Waals surface area contributed by atoms with Gasteiger partial charge in [-0.2, -0.15) is 4.31 Å². The molecule has 0 saturated carbocycles. The zero-order valence-electron chi connectivity index (χ0n) is 20.7. The van der Waals surface area contributed by atoms with Crippen LogP contribution < -0.4 is 0 Å². The highest BCUT2D eigenvalue weighted by molar-refractivity contribution is 7.89. The van der Waals surface area contributed by atoms with Crippen LogP contribution in [0.25, 0.3) is 0 Å². The molecule has 0 unspecified atom stereocenters. The molecule has 9 nitrogen and oxygen atoms in total. The third kappa shape index (κ3) is 7.92. The Morgan fingerprint density at radius 3 is 2.65 bits per heavy atom. The number of rotatable bonds is 12. The predicted molar refractivity (Wildman–Crippen MR) is 140 cm³/mol. The number of carbonyl (C=O) groups is 1. The number of halogens is 2. The molecule has 2 aliphatic heterocycles. The first-order valence-electron chi connectivity index (χ1n) is 12.5. The second-order valence-electron chi connectivity index (χ2n) is 9.21. The van der Waals surface area contributed by atoms with Crippen molar-refractivity contribution in [3.63, 3.8) is 0 Å². The fraction of sp³-hybridized carbons (Fsp3) is 0.560. The molecule has 1 amide bonds. The molecule has 37 heavy (non-hydrogen) atoms. The number of hydrogen-bond donors (Lipinski definition) is 0. The van der Waals surface area contributed by atoms with Crippen LogP contribution in [0.1, 0.15) is 25.0 Å². The molecule has 0 bridgehead atoms. The fourth-order valence-corrected chi connectivity index (χ4v) is 6.69. The maximum atomic E-state index is 13.7. The highest BCUT2D eigenvalue weighted by Gasteiger charge is 2.32. The van der Waals surface area contributed by atoms with E-state index < -0.39 is 10.0 Å². The zero-order valence-corrected chi connectivity index (χ0v) is 23.0. The van der Waals surface area contributed by atoms with E-state index in [9.17, 15) is 13.2 Å². The fourth-order valence-electron chi connectivity index (χ4n) is 4.52. The average molecular weight is 575 g/mol. The van der Waals surface area contributed by atoms with E-state index in [0.29, 0.717) is 45.1 Å². The number of morpholine rings is 1. The first-order chi connectivity index (χ1) is 17.8. The largest absolute Gasteiger partial charge is 0.467 e. The first-order valence-corrected chi connectivity index (χ1v) is 14.7. The molecule has 2 aliphatic rings. The van der Waals surface area contributed by atoms with E-state index >= 15 is 0 Å². The quantitative estimate of drug-likeness (QED) is 0.383. The van der Waals surface area contributed by atoms with Gasteiger partial charge in [0, 0.05) is 37.8 Å². The Bertz CT molecular complexity index is 1120. The van der Waals surface area contributed by atoms with Crippen molar-refractivity contribution in [2.75, 3.05) is 59.1 Å². The number of sulfonamides is 1. The summed E-state index contributed by atoms with van der Waals surface area (Å²) in [5.41, 5.74) is 0. The number of benzene rings is 1. The lowest BCUT2D eigenvalue weighted by molar-refractivity contribution is -0.134. The maximum Gasteiger partial charge on any atom is 0.245 e. The van der Waals surface area contributed by atoms with Gasteiger partial charge in [0.2, 0.25) is 15.9 Å². The van der Waals surface area contributed by atoms with Crippen molar-refractivity contribution in [3.8, 4) is 0 Å². The summed E-state index contributed by atoms with van der Waals surface area (Å²) < 4.78 is 45.3. The molecule has 0 N–H and O–H groups in total. The number of nitrogens with zero attached hydrogens (tertiary/aromatic N) is 3. The molecule has 0 spiro atoms. The number of furan rings is 1. The van der Waals surface area contributed by atoms with Gasteiger partial charge < -0.3 is 18.8 Å². The first kappa shape index (κ1) is 28.4. The Balaban J connectivity index is 1.53. The van der Waals surface area contributed by atoms with Crippen LogP contribution in [0.5, 0.6) is 0 Å². The maximum absolute atomic E-state index is 13.7. The number of amides is 1. The summed E-state index contributed by atoms with van der Waals surface area (Å²) in [4.78, 5) is 17.3. The monoisotopic (exact) mass is 573 g/mol. The minimum Gasteiger partial charge on any atom is -0.467 e. The smallest absolute Gasteiger partial charge is 0.245 e. The summed E-state index contributed by atoms with van der Waals surface area (Å²) in [6, 6.07) is 7.85. The van der Waals surface area contributed by atoms with Gasteiger partial charge in [0.25, 0.3) is 0 Å². The standard InChI is InChI=1S/C25H33Cl2N3O6S/c26-20-6-7-23(27)24(16-20)37(32,33)30(9-3-8-28-10-14-34-15-11-28)19-25(31)29(17-21-4-1-12-35-21)18-22-5-2-13-36-22/h1,4,6-7,12,16,22H,2-3,5,8-11,13-15,17-19H2/t22-/m0/s1. The summed E-state index contributed by atoms with van der Waals surface area (Å²) in [7, 11) is -4.10. The van der Waals surface area contributed by atoms with Crippen molar-refractivity contribution in [2.45, 2.75) is 36.8 Å². The van der Waals surface area contributed by atoms with Crippen molar-refractivity contribution < 1.29 is 27.1 Å². The van der Waals surface area contributed by atoms with Gasteiger partial charge in [0.15, 0.2) is 0 Å². The van der Waals surface area contributed by atoms with Crippen LogP contribution in [0.2, 0.25) is 10.0 Å². The SMILES string of the molecule is O=C(CN(CCCN1CCOCC1)S(=O)(=O)c1cc(Cl)ccc1Cl)N(Cc1ccco1)C[C@@H]1CCCO1. The Hall–Kier alpha value is -1.66. The minimum absolute atomic E-state index is 0.0572. The molecule has 1 aromatic heterocycles. The van der Waals surface area contributed by atoms with E-state index in [2.05, 4.69) is 4.90 Å².